The molecule has 2 aliphatic heterocycles. The zero-order valence-electron chi connectivity index (χ0n) is 32.0. The molecule has 57 heavy (non-hydrogen) atoms. The van der Waals surface area contributed by atoms with Crippen LogP contribution in [0.15, 0.2) is 116 Å². The van der Waals surface area contributed by atoms with E-state index in [0.29, 0.717) is 30.9 Å². The highest BCUT2D eigenvalue weighted by Gasteiger charge is 2.39. The number of benzene rings is 4. The van der Waals surface area contributed by atoms with Crippen LogP contribution in [-0.2, 0) is 16.0 Å². The standard InChI is InChI=1S/C45H45N7O5/c1-50(45(55)56)41(34-10-4-3-5-11-34)44(54)52-24-8-14-39(52)43-47-28-37(49-43)33-21-17-31(18-22-33)30-15-19-32(20-16-30)36-27-46-42(48-36)38-13-7-23-51(38)40(53)26-29-9-6-12-35(25-29)57-2/h3-6,9-12,15-22,25,27-28,38-39,41H,7-8,13-14,23-24,26H2,1-2H3,(H,46,48)(H,47,49)(H,55,56)/t38-,39-,41+/m0/s1. The largest absolute Gasteiger partial charge is 0.497 e. The van der Waals surface area contributed by atoms with Gasteiger partial charge in [0.15, 0.2) is 0 Å². The first kappa shape index (κ1) is 37.2. The fourth-order valence-electron chi connectivity index (χ4n) is 8.15. The molecule has 4 heterocycles. The van der Waals surface area contributed by atoms with E-state index in [2.05, 4.69) is 63.5 Å². The summed E-state index contributed by atoms with van der Waals surface area (Å²) in [7, 11) is 3.06. The van der Waals surface area contributed by atoms with Crippen LogP contribution in [-0.4, -0.2) is 84.9 Å². The second-order valence-electron chi connectivity index (χ2n) is 14.7. The molecule has 3 amide bonds. The van der Waals surface area contributed by atoms with Crippen molar-refractivity contribution in [2.75, 3.05) is 27.2 Å². The summed E-state index contributed by atoms with van der Waals surface area (Å²) in [5.41, 5.74) is 7.41. The number of nitrogens with zero attached hydrogens (tertiary/aromatic N) is 5. The Bertz CT molecular complexity index is 2360. The average molecular weight is 764 g/mol. The van der Waals surface area contributed by atoms with Gasteiger partial charge in [0.05, 0.1) is 49.4 Å². The summed E-state index contributed by atoms with van der Waals surface area (Å²) >= 11 is 0. The van der Waals surface area contributed by atoms with Crippen LogP contribution in [0.2, 0.25) is 0 Å². The van der Waals surface area contributed by atoms with Gasteiger partial charge in [0.25, 0.3) is 5.91 Å². The van der Waals surface area contributed by atoms with Gasteiger partial charge in [-0.05, 0) is 71.2 Å². The summed E-state index contributed by atoms with van der Waals surface area (Å²) in [6, 6.07) is 32.0. The molecule has 290 valence electrons. The van der Waals surface area contributed by atoms with Gasteiger partial charge < -0.3 is 29.6 Å². The summed E-state index contributed by atoms with van der Waals surface area (Å²) in [6.45, 7) is 1.24. The lowest BCUT2D eigenvalue weighted by Gasteiger charge is -2.32. The Hall–Kier alpha value is -6.69. The summed E-state index contributed by atoms with van der Waals surface area (Å²) < 4.78 is 5.33. The number of H-pyrrole nitrogens is 2. The van der Waals surface area contributed by atoms with E-state index in [4.69, 9.17) is 9.72 Å². The zero-order valence-corrected chi connectivity index (χ0v) is 32.0. The van der Waals surface area contributed by atoms with Crippen LogP contribution >= 0.6 is 0 Å². The number of aromatic amines is 2. The van der Waals surface area contributed by atoms with Crippen molar-refractivity contribution in [1.82, 2.24) is 34.6 Å². The molecule has 4 aromatic carbocycles. The van der Waals surface area contributed by atoms with Crippen LogP contribution in [0.5, 0.6) is 5.75 Å². The number of hydrogen-bond acceptors (Lipinski definition) is 6. The van der Waals surface area contributed by atoms with Gasteiger partial charge in [-0.1, -0.05) is 91.0 Å². The molecule has 8 rings (SSSR count). The Balaban J connectivity index is 0.920. The van der Waals surface area contributed by atoms with Crippen molar-refractivity contribution in [2.45, 2.75) is 50.2 Å². The van der Waals surface area contributed by atoms with E-state index in [9.17, 15) is 19.5 Å². The van der Waals surface area contributed by atoms with Gasteiger partial charge >= 0.3 is 6.09 Å². The van der Waals surface area contributed by atoms with Gasteiger partial charge in [0, 0.05) is 20.1 Å². The number of carbonyl (C=O) groups is 3. The molecule has 0 spiro atoms. The van der Waals surface area contributed by atoms with Crippen molar-refractivity contribution in [3.8, 4) is 39.4 Å². The predicted molar refractivity (Wildman–Crippen MR) is 216 cm³/mol. The Morgan fingerprint density at radius 1 is 0.754 bits per heavy atom. The molecule has 2 aliphatic rings. The van der Waals surface area contributed by atoms with E-state index in [1.807, 2.05) is 53.6 Å². The smallest absolute Gasteiger partial charge is 0.407 e. The lowest BCUT2D eigenvalue weighted by atomic mass is 10.0. The Morgan fingerprint density at radius 3 is 1.86 bits per heavy atom. The van der Waals surface area contributed by atoms with Crippen LogP contribution in [0.3, 0.4) is 0 Å². The van der Waals surface area contributed by atoms with E-state index in [1.54, 1.807) is 30.3 Å². The molecular formula is C45H45N7O5. The topological polar surface area (TPSA) is 148 Å². The van der Waals surface area contributed by atoms with E-state index in [0.717, 1.165) is 81.4 Å². The van der Waals surface area contributed by atoms with Crippen LogP contribution in [0.1, 0.15) is 66.6 Å². The normalized spacial score (nSPS) is 17.1. The number of rotatable bonds is 11. The average Bonchev–Trinajstić information content (AvgIpc) is 4.09. The fourth-order valence-corrected chi connectivity index (χ4v) is 8.15. The lowest BCUT2D eigenvalue weighted by Crippen LogP contribution is -2.43. The SMILES string of the molecule is COc1cccc(CC(=O)N2CCC[C@H]2c2ncc(-c3ccc(-c4ccc(-c5cnc([C@@H]6CCCN6C(=O)[C@@H](c6ccccc6)N(C)C(=O)O)[nH]5)cc4)cc3)[nH]2)c1. The molecule has 3 atom stereocenters. The van der Waals surface area contributed by atoms with Crippen molar-refractivity contribution < 1.29 is 24.2 Å². The number of carbonyl (C=O) groups excluding carboxylic acids is 2. The molecule has 12 heteroatoms. The number of imidazole rings is 2. The Kier molecular flexibility index (Phi) is 10.6. The minimum Gasteiger partial charge on any atom is -0.497 e. The van der Waals surface area contributed by atoms with Crippen molar-refractivity contribution >= 4 is 17.9 Å². The van der Waals surface area contributed by atoms with Gasteiger partial charge in [-0.3, -0.25) is 14.5 Å². The second kappa shape index (κ2) is 16.2. The van der Waals surface area contributed by atoms with E-state index >= 15 is 0 Å². The maximum Gasteiger partial charge on any atom is 0.407 e. The van der Waals surface area contributed by atoms with Crippen molar-refractivity contribution in [3.63, 3.8) is 0 Å². The molecule has 3 N–H and O–H groups in total. The number of likely N-dealkylation sites (N-methyl/N-ethyl adjacent to an activating group) is 1. The molecule has 0 saturated carbocycles. The van der Waals surface area contributed by atoms with Crippen LogP contribution in [0.25, 0.3) is 33.6 Å². The molecule has 2 saturated heterocycles. The lowest BCUT2D eigenvalue weighted by molar-refractivity contribution is -0.137. The molecule has 0 bridgehead atoms. The minimum atomic E-state index is -1.16. The van der Waals surface area contributed by atoms with Gasteiger partial charge in [0.1, 0.15) is 23.4 Å². The molecule has 2 fully saturated rings. The first-order valence-electron chi connectivity index (χ1n) is 19.3. The molecule has 0 radical (unpaired) electrons. The van der Waals surface area contributed by atoms with E-state index < -0.39 is 12.1 Å². The number of aromatic nitrogens is 4. The number of carboxylic acid groups (broad SMARTS) is 1. The molecule has 0 unspecified atom stereocenters. The molecule has 6 aromatic rings. The maximum atomic E-state index is 13.9. The number of amides is 3. The van der Waals surface area contributed by atoms with Crippen LogP contribution in [0, 0.1) is 0 Å². The van der Waals surface area contributed by atoms with Gasteiger partial charge in [-0.15, -0.1) is 0 Å². The third-order valence-electron chi connectivity index (χ3n) is 11.2. The molecule has 12 nitrogen and oxygen atoms in total. The predicted octanol–water partition coefficient (Wildman–Crippen LogP) is 8.06. The van der Waals surface area contributed by atoms with Crippen molar-refractivity contribution in [3.05, 3.63) is 138 Å². The van der Waals surface area contributed by atoms with Gasteiger partial charge in [-0.2, -0.15) is 0 Å². The Labute approximate surface area is 331 Å². The number of methoxy groups -OCH3 is 1. The number of likely N-dealkylation sites (tertiary alicyclic amines) is 2. The third-order valence-corrected chi connectivity index (χ3v) is 11.2. The first-order valence-corrected chi connectivity index (χ1v) is 19.3. The monoisotopic (exact) mass is 763 g/mol. The van der Waals surface area contributed by atoms with Crippen LogP contribution in [0.4, 0.5) is 4.79 Å². The fraction of sp³-hybridized carbons (Fsp3) is 0.267. The molecule has 2 aromatic heterocycles. The summed E-state index contributed by atoms with van der Waals surface area (Å²) in [5, 5.41) is 9.79. The highest BCUT2D eigenvalue weighted by atomic mass is 16.5. The quantitative estimate of drug-likeness (QED) is 0.121. The van der Waals surface area contributed by atoms with Gasteiger partial charge in [0.2, 0.25) is 5.91 Å². The second-order valence-corrected chi connectivity index (χ2v) is 14.7. The summed E-state index contributed by atoms with van der Waals surface area (Å²) in [6.07, 6.45) is 6.12. The van der Waals surface area contributed by atoms with E-state index in [-0.39, 0.29) is 23.9 Å². The number of ether oxygens (including phenoxy) is 1. The first-order chi connectivity index (χ1) is 27.8. The highest BCUT2D eigenvalue weighted by molar-refractivity contribution is 5.87. The number of hydrogen-bond donors (Lipinski definition) is 3. The third kappa shape index (κ3) is 7.75. The zero-order chi connectivity index (χ0) is 39.5. The van der Waals surface area contributed by atoms with Gasteiger partial charge in [-0.25, -0.2) is 14.8 Å². The van der Waals surface area contributed by atoms with E-state index in [1.165, 1.54) is 7.05 Å². The summed E-state index contributed by atoms with van der Waals surface area (Å²) in [4.78, 5) is 60.4. The molecule has 0 aliphatic carbocycles. The van der Waals surface area contributed by atoms with Crippen molar-refractivity contribution in [1.29, 1.82) is 0 Å². The minimum absolute atomic E-state index is 0.0828. The molecular weight excluding hydrogens is 719 g/mol. The highest BCUT2D eigenvalue weighted by Crippen LogP contribution is 2.36. The number of nitrogens with one attached hydrogen (secondary N) is 2. The van der Waals surface area contributed by atoms with Crippen molar-refractivity contribution in [2.24, 2.45) is 0 Å². The maximum absolute atomic E-state index is 13.9. The summed E-state index contributed by atoms with van der Waals surface area (Å²) in [5.74, 6) is 2.05. The van der Waals surface area contributed by atoms with Crippen LogP contribution < -0.4 is 4.74 Å². The Morgan fingerprint density at radius 2 is 1.30 bits per heavy atom.